The number of hydrogen-bond acceptors (Lipinski definition) is 1. The lowest BCUT2D eigenvalue weighted by atomic mass is 9.80. The van der Waals surface area contributed by atoms with Gasteiger partial charge in [0.15, 0.2) is 0 Å². The summed E-state index contributed by atoms with van der Waals surface area (Å²) in [6.07, 6.45) is 3.44. The molecular formula is C17H33N. The van der Waals surface area contributed by atoms with Crippen LogP contribution in [0.15, 0.2) is 24.3 Å². The third-order valence-corrected chi connectivity index (χ3v) is 4.18. The van der Waals surface area contributed by atoms with E-state index < -0.39 is 0 Å². The summed E-state index contributed by atoms with van der Waals surface area (Å²) in [5, 5.41) is 3.31. The van der Waals surface area contributed by atoms with Crippen molar-refractivity contribution < 1.29 is 0 Å². The maximum Gasteiger partial charge on any atom is 0.00413 e. The lowest BCUT2D eigenvalue weighted by Crippen LogP contribution is -2.25. The van der Waals surface area contributed by atoms with Crippen LogP contribution in [0.2, 0.25) is 0 Å². The van der Waals surface area contributed by atoms with E-state index in [1.165, 1.54) is 24.0 Å². The molecule has 0 bridgehead atoms. The second kappa shape index (κ2) is 8.53. The molecule has 0 aliphatic rings. The van der Waals surface area contributed by atoms with Crippen LogP contribution >= 0.6 is 0 Å². The van der Waals surface area contributed by atoms with Gasteiger partial charge in [0.05, 0.1) is 0 Å². The number of allylic oxidation sites excluding steroid dienone is 2. The molecule has 0 amide bonds. The van der Waals surface area contributed by atoms with E-state index in [1.54, 1.807) is 0 Å². The Kier molecular flexibility index (Phi) is 8.26. The highest BCUT2D eigenvalue weighted by molar-refractivity contribution is 5.11. The minimum atomic E-state index is 0.558. The number of hydrogen-bond donors (Lipinski definition) is 1. The average Bonchev–Trinajstić information content (AvgIpc) is 2.34. The fourth-order valence-electron chi connectivity index (χ4n) is 2.29. The lowest BCUT2D eigenvalue weighted by molar-refractivity contribution is 0.430. The van der Waals surface area contributed by atoms with Crippen molar-refractivity contribution in [3.05, 3.63) is 24.3 Å². The highest BCUT2D eigenvalue weighted by atomic mass is 14.8. The van der Waals surface area contributed by atoms with Crippen molar-refractivity contribution >= 4 is 0 Å². The molecule has 0 fully saturated rings. The van der Waals surface area contributed by atoms with Crippen LogP contribution in [0.25, 0.3) is 0 Å². The summed E-state index contributed by atoms with van der Waals surface area (Å²) in [6, 6.07) is 0.558. The third kappa shape index (κ3) is 5.86. The summed E-state index contributed by atoms with van der Waals surface area (Å²) >= 11 is 0. The Labute approximate surface area is 115 Å². The predicted octanol–water partition coefficient (Wildman–Crippen LogP) is 4.81. The molecule has 0 aliphatic heterocycles. The molecule has 0 saturated heterocycles. The monoisotopic (exact) mass is 251 g/mol. The van der Waals surface area contributed by atoms with Crippen molar-refractivity contribution in [3.8, 4) is 0 Å². The lowest BCUT2D eigenvalue weighted by Gasteiger charge is -2.27. The van der Waals surface area contributed by atoms with Crippen LogP contribution in [-0.2, 0) is 0 Å². The first-order chi connectivity index (χ1) is 8.33. The van der Waals surface area contributed by atoms with E-state index in [1.807, 2.05) is 7.05 Å². The molecule has 106 valence electrons. The van der Waals surface area contributed by atoms with Crippen LogP contribution in [0, 0.1) is 17.8 Å². The quantitative estimate of drug-likeness (QED) is 0.580. The van der Waals surface area contributed by atoms with Gasteiger partial charge in [-0.25, -0.2) is 0 Å². The van der Waals surface area contributed by atoms with Crippen LogP contribution in [0.4, 0.5) is 0 Å². The predicted molar refractivity (Wildman–Crippen MR) is 83.8 cm³/mol. The zero-order chi connectivity index (χ0) is 14.3. The normalized spacial score (nSPS) is 16.4. The molecule has 3 unspecified atom stereocenters. The van der Waals surface area contributed by atoms with Gasteiger partial charge < -0.3 is 5.32 Å². The minimum absolute atomic E-state index is 0.558. The van der Waals surface area contributed by atoms with Crippen LogP contribution < -0.4 is 5.32 Å². The van der Waals surface area contributed by atoms with Crippen LogP contribution in [0.1, 0.15) is 53.9 Å². The molecule has 0 aromatic heterocycles. The van der Waals surface area contributed by atoms with Gasteiger partial charge in [0.1, 0.15) is 0 Å². The molecule has 0 spiro atoms. The Morgan fingerprint density at radius 3 is 2.06 bits per heavy atom. The minimum Gasteiger partial charge on any atom is -0.317 e. The van der Waals surface area contributed by atoms with Gasteiger partial charge in [0, 0.05) is 6.04 Å². The molecule has 18 heavy (non-hydrogen) atoms. The van der Waals surface area contributed by atoms with Crippen LogP contribution in [0.5, 0.6) is 0 Å². The smallest absolute Gasteiger partial charge is 0.00413 e. The fourth-order valence-corrected chi connectivity index (χ4v) is 2.29. The Bertz CT molecular complexity index is 265. The molecule has 0 saturated carbocycles. The van der Waals surface area contributed by atoms with Gasteiger partial charge >= 0.3 is 0 Å². The molecular weight excluding hydrogens is 218 g/mol. The largest absolute Gasteiger partial charge is 0.317 e. The van der Waals surface area contributed by atoms with Gasteiger partial charge in [0.25, 0.3) is 0 Å². The van der Waals surface area contributed by atoms with E-state index in [2.05, 4.69) is 53.1 Å². The molecule has 1 heteroatoms. The van der Waals surface area contributed by atoms with E-state index in [4.69, 9.17) is 0 Å². The topological polar surface area (TPSA) is 12.0 Å². The zero-order valence-electron chi connectivity index (χ0n) is 13.3. The first-order valence-electron chi connectivity index (χ1n) is 7.36. The molecule has 3 atom stereocenters. The average molecular weight is 251 g/mol. The highest BCUT2D eigenvalue weighted by Gasteiger charge is 2.19. The van der Waals surface area contributed by atoms with Crippen molar-refractivity contribution in [2.75, 3.05) is 7.05 Å². The molecule has 0 aliphatic carbocycles. The Morgan fingerprint density at radius 1 is 1.11 bits per heavy atom. The Morgan fingerprint density at radius 2 is 1.67 bits per heavy atom. The molecule has 0 heterocycles. The van der Waals surface area contributed by atoms with Gasteiger partial charge in [-0.2, -0.15) is 0 Å². The summed E-state index contributed by atoms with van der Waals surface area (Å²) in [7, 11) is 2.03. The molecule has 1 N–H and O–H groups in total. The molecule has 0 aromatic rings. The first-order valence-corrected chi connectivity index (χ1v) is 7.36. The first kappa shape index (κ1) is 17.4. The molecule has 1 nitrogen and oxygen atoms in total. The van der Waals surface area contributed by atoms with Gasteiger partial charge in [-0.05, 0) is 51.0 Å². The van der Waals surface area contributed by atoms with Gasteiger partial charge in [-0.1, -0.05) is 52.0 Å². The summed E-state index contributed by atoms with van der Waals surface area (Å²) in [4.78, 5) is 0. The summed E-state index contributed by atoms with van der Waals surface area (Å²) in [5.41, 5.74) is 2.76. The second-order valence-corrected chi connectivity index (χ2v) is 6.02. The van der Waals surface area contributed by atoms with Crippen molar-refractivity contribution in [2.24, 2.45) is 17.8 Å². The Hall–Kier alpha value is -0.560. The number of rotatable bonds is 9. The molecule has 0 radical (unpaired) electrons. The number of nitrogens with one attached hydrogen (secondary N) is 1. The van der Waals surface area contributed by atoms with E-state index in [9.17, 15) is 0 Å². The maximum atomic E-state index is 4.36. The van der Waals surface area contributed by atoms with Gasteiger partial charge in [-0.15, -0.1) is 0 Å². The SMILES string of the molecule is C=C(CC(CC)C(=C)C(C)CC(C)NC)C(C)C. The van der Waals surface area contributed by atoms with E-state index in [-0.39, 0.29) is 0 Å². The third-order valence-electron chi connectivity index (χ3n) is 4.18. The van der Waals surface area contributed by atoms with Gasteiger partial charge in [-0.3, -0.25) is 0 Å². The van der Waals surface area contributed by atoms with E-state index in [0.29, 0.717) is 23.8 Å². The van der Waals surface area contributed by atoms with Crippen LogP contribution in [-0.4, -0.2) is 13.1 Å². The van der Waals surface area contributed by atoms with Crippen molar-refractivity contribution in [1.29, 1.82) is 0 Å². The van der Waals surface area contributed by atoms with Crippen LogP contribution in [0.3, 0.4) is 0 Å². The van der Waals surface area contributed by atoms with Crippen molar-refractivity contribution in [2.45, 2.75) is 59.9 Å². The second-order valence-electron chi connectivity index (χ2n) is 6.02. The Balaban J connectivity index is 4.46. The standard InChI is InChI=1S/C17H33N/c1-9-17(11-13(4)12(2)3)16(7)14(5)10-15(6)18-8/h12,14-15,17-18H,4,7,9-11H2,1-3,5-6,8H3. The summed E-state index contributed by atoms with van der Waals surface area (Å²) in [6.45, 7) is 19.8. The van der Waals surface area contributed by atoms with Crippen molar-refractivity contribution in [1.82, 2.24) is 5.32 Å². The molecule has 0 rings (SSSR count). The fraction of sp³-hybridized carbons (Fsp3) is 0.765. The maximum absolute atomic E-state index is 4.36. The highest BCUT2D eigenvalue weighted by Crippen LogP contribution is 2.31. The summed E-state index contributed by atoms with van der Waals surface area (Å²) < 4.78 is 0. The molecule has 0 aromatic carbocycles. The van der Waals surface area contributed by atoms with E-state index in [0.717, 1.165) is 6.42 Å². The van der Waals surface area contributed by atoms with E-state index >= 15 is 0 Å². The summed E-state index contributed by atoms with van der Waals surface area (Å²) in [5.74, 6) is 1.76. The van der Waals surface area contributed by atoms with Crippen molar-refractivity contribution in [3.63, 3.8) is 0 Å². The zero-order valence-corrected chi connectivity index (χ0v) is 13.3. The van der Waals surface area contributed by atoms with Gasteiger partial charge in [0.2, 0.25) is 0 Å².